The lowest BCUT2D eigenvalue weighted by Crippen LogP contribution is -2.53. The van der Waals surface area contributed by atoms with Crippen molar-refractivity contribution in [3.05, 3.63) is 35.9 Å². The van der Waals surface area contributed by atoms with Crippen LogP contribution in [0.25, 0.3) is 0 Å². The number of hydrogen-bond donors (Lipinski definition) is 1. The van der Waals surface area contributed by atoms with Gasteiger partial charge >= 0.3 is 5.97 Å². The smallest absolute Gasteiger partial charge is 0.328 e. The maximum atomic E-state index is 12.7. The van der Waals surface area contributed by atoms with Gasteiger partial charge in [0.2, 0.25) is 5.91 Å². The molecule has 0 spiro atoms. The maximum absolute atomic E-state index is 12.7. The van der Waals surface area contributed by atoms with Crippen molar-refractivity contribution in [2.75, 3.05) is 19.8 Å². The molecule has 0 saturated carbocycles. The summed E-state index contributed by atoms with van der Waals surface area (Å²) in [6.07, 6.45) is 0.645. The number of carbonyl (C=O) groups excluding carboxylic acids is 1. The molecule has 0 bridgehead atoms. The molecular weight excluding hydrogens is 258 g/mol. The first-order valence-electron chi connectivity index (χ1n) is 6.81. The van der Waals surface area contributed by atoms with Crippen molar-refractivity contribution < 1.29 is 19.4 Å². The van der Waals surface area contributed by atoms with Crippen LogP contribution in [0.15, 0.2) is 30.3 Å². The molecule has 1 aliphatic rings. The number of nitrogens with zero attached hydrogens (tertiary/aromatic N) is 1. The van der Waals surface area contributed by atoms with Crippen LogP contribution in [-0.4, -0.2) is 47.7 Å². The van der Waals surface area contributed by atoms with E-state index in [1.807, 2.05) is 37.3 Å². The molecule has 1 fully saturated rings. The van der Waals surface area contributed by atoms with E-state index in [2.05, 4.69) is 0 Å². The zero-order valence-corrected chi connectivity index (χ0v) is 11.5. The van der Waals surface area contributed by atoms with E-state index in [4.69, 9.17) is 4.74 Å². The predicted octanol–water partition coefficient (Wildman–Crippen LogP) is 1.49. The number of carboxylic acids is 1. The van der Waals surface area contributed by atoms with E-state index in [9.17, 15) is 14.7 Å². The minimum absolute atomic E-state index is 0.0618. The first-order valence-corrected chi connectivity index (χ1v) is 6.81. The van der Waals surface area contributed by atoms with Gasteiger partial charge in [0.25, 0.3) is 0 Å². The minimum atomic E-state index is -1.01. The van der Waals surface area contributed by atoms with Gasteiger partial charge in [-0.15, -0.1) is 0 Å². The average molecular weight is 277 g/mol. The first kappa shape index (κ1) is 14.5. The summed E-state index contributed by atoms with van der Waals surface area (Å²) in [4.78, 5) is 25.3. The summed E-state index contributed by atoms with van der Waals surface area (Å²) in [5.41, 5.74) is 0.927. The van der Waals surface area contributed by atoms with Crippen molar-refractivity contribution in [2.24, 2.45) is 0 Å². The molecule has 1 aromatic rings. The van der Waals surface area contributed by atoms with Gasteiger partial charge in [-0.05, 0) is 12.0 Å². The third-order valence-corrected chi connectivity index (χ3v) is 3.60. The Morgan fingerprint density at radius 3 is 2.70 bits per heavy atom. The van der Waals surface area contributed by atoms with E-state index in [1.54, 1.807) is 0 Å². The van der Waals surface area contributed by atoms with Crippen LogP contribution in [0.3, 0.4) is 0 Å². The number of ether oxygens (including phenoxy) is 1. The van der Waals surface area contributed by atoms with Gasteiger partial charge in [-0.2, -0.15) is 0 Å². The quantitative estimate of drug-likeness (QED) is 0.905. The Morgan fingerprint density at radius 1 is 1.40 bits per heavy atom. The van der Waals surface area contributed by atoms with Crippen LogP contribution in [0.2, 0.25) is 0 Å². The van der Waals surface area contributed by atoms with E-state index < -0.39 is 12.0 Å². The molecule has 0 unspecified atom stereocenters. The van der Waals surface area contributed by atoms with Crippen LogP contribution in [0, 0.1) is 0 Å². The summed E-state index contributed by atoms with van der Waals surface area (Å²) in [5, 5.41) is 9.21. The fraction of sp³-hybridized carbons (Fsp3) is 0.467. The van der Waals surface area contributed by atoms with Crippen LogP contribution in [0.4, 0.5) is 0 Å². The summed E-state index contributed by atoms with van der Waals surface area (Å²) in [5.74, 6) is -1.44. The van der Waals surface area contributed by atoms with Gasteiger partial charge in [0.1, 0.15) is 0 Å². The largest absolute Gasteiger partial charge is 0.480 e. The number of benzene rings is 1. The van der Waals surface area contributed by atoms with E-state index in [0.717, 1.165) is 5.56 Å². The highest BCUT2D eigenvalue weighted by Gasteiger charge is 2.35. The fourth-order valence-corrected chi connectivity index (χ4v) is 2.51. The van der Waals surface area contributed by atoms with Gasteiger partial charge < -0.3 is 14.7 Å². The highest BCUT2D eigenvalue weighted by molar-refractivity contribution is 5.88. The molecule has 1 amide bonds. The Morgan fingerprint density at radius 2 is 2.10 bits per heavy atom. The van der Waals surface area contributed by atoms with E-state index in [1.165, 1.54) is 4.90 Å². The van der Waals surface area contributed by atoms with E-state index in [0.29, 0.717) is 19.6 Å². The van der Waals surface area contributed by atoms with Crippen LogP contribution in [0.1, 0.15) is 24.8 Å². The van der Waals surface area contributed by atoms with Gasteiger partial charge in [0.05, 0.1) is 19.1 Å². The summed E-state index contributed by atoms with van der Waals surface area (Å²) in [6, 6.07) is 8.60. The molecule has 1 N–H and O–H groups in total. The number of morpholine rings is 1. The van der Waals surface area contributed by atoms with E-state index >= 15 is 0 Å². The maximum Gasteiger partial charge on any atom is 0.328 e. The molecule has 0 aromatic heterocycles. The van der Waals surface area contributed by atoms with Gasteiger partial charge in [-0.3, -0.25) is 4.79 Å². The predicted molar refractivity (Wildman–Crippen MR) is 73.4 cm³/mol. The zero-order chi connectivity index (χ0) is 14.5. The van der Waals surface area contributed by atoms with Gasteiger partial charge in [-0.25, -0.2) is 4.79 Å². The molecule has 5 heteroatoms. The van der Waals surface area contributed by atoms with Crippen molar-refractivity contribution in [1.82, 2.24) is 4.90 Å². The molecule has 108 valence electrons. The summed E-state index contributed by atoms with van der Waals surface area (Å²) >= 11 is 0. The lowest BCUT2D eigenvalue weighted by Gasteiger charge is -2.35. The lowest BCUT2D eigenvalue weighted by molar-refractivity contribution is -0.159. The Labute approximate surface area is 118 Å². The van der Waals surface area contributed by atoms with Gasteiger partial charge in [0.15, 0.2) is 6.04 Å². The van der Waals surface area contributed by atoms with Crippen LogP contribution < -0.4 is 0 Å². The van der Waals surface area contributed by atoms with E-state index in [-0.39, 0.29) is 18.4 Å². The van der Waals surface area contributed by atoms with Gasteiger partial charge in [-0.1, -0.05) is 37.3 Å². The summed E-state index contributed by atoms with van der Waals surface area (Å²) < 4.78 is 5.17. The van der Waals surface area contributed by atoms with Crippen LogP contribution >= 0.6 is 0 Å². The Balaban J connectivity index is 2.21. The summed E-state index contributed by atoms with van der Waals surface area (Å²) in [6.45, 7) is 2.72. The molecule has 2 rings (SSSR count). The summed E-state index contributed by atoms with van der Waals surface area (Å²) in [7, 11) is 0. The number of aliphatic carboxylic acids is 1. The van der Waals surface area contributed by atoms with Crippen LogP contribution in [-0.2, 0) is 14.3 Å². The lowest BCUT2D eigenvalue weighted by atomic mass is 9.94. The van der Waals surface area contributed by atoms with Crippen molar-refractivity contribution in [3.8, 4) is 0 Å². The third kappa shape index (κ3) is 2.99. The monoisotopic (exact) mass is 277 g/mol. The first-order chi connectivity index (χ1) is 9.65. The second-order valence-corrected chi connectivity index (χ2v) is 4.83. The standard InChI is InChI=1S/C15H19NO4/c1-2-12(11-6-4-3-5-7-11)14(17)16-8-9-20-10-13(16)15(18)19/h3-7,12-13H,2,8-10H2,1H3,(H,18,19)/t12-,13+/m1/s1. The second-order valence-electron chi connectivity index (χ2n) is 4.83. The molecule has 1 heterocycles. The Hall–Kier alpha value is -1.88. The second kappa shape index (κ2) is 6.52. The number of carboxylic acid groups (broad SMARTS) is 1. The SMILES string of the molecule is CC[C@@H](C(=O)N1CCOC[C@H]1C(=O)O)c1ccccc1. The van der Waals surface area contributed by atoms with Crippen molar-refractivity contribution in [2.45, 2.75) is 25.3 Å². The Bertz CT molecular complexity index is 474. The molecular formula is C15H19NO4. The average Bonchev–Trinajstić information content (AvgIpc) is 2.49. The van der Waals surface area contributed by atoms with Gasteiger partial charge in [0, 0.05) is 6.54 Å². The number of hydrogen-bond acceptors (Lipinski definition) is 3. The minimum Gasteiger partial charge on any atom is -0.480 e. The highest BCUT2D eigenvalue weighted by Crippen LogP contribution is 2.24. The molecule has 1 aliphatic heterocycles. The van der Waals surface area contributed by atoms with Crippen molar-refractivity contribution in [3.63, 3.8) is 0 Å². The zero-order valence-electron chi connectivity index (χ0n) is 11.5. The fourth-order valence-electron chi connectivity index (χ4n) is 2.51. The highest BCUT2D eigenvalue weighted by atomic mass is 16.5. The molecule has 0 radical (unpaired) electrons. The number of carbonyl (C=O) groups is 2. The number of rotatable bonds is 4. The van der Waals surface area contributed by atoms with Crippen LogP contribution in [0.5, 0.6) is 0 Å². The number of amides is 1. The Kier molecular flexibility index (Phi) is 4.74. The van der Waals surface area contributed by atoms with Crippen molar-refractivity contribution >= 4 is 11.9 Å². The molecule has 5 nitrogen and oxygen atoms in total. The topological polar surface area (TPSA) is 66.8 Å². The third-order valence-electron chi connectivity index (χ3n) is 3.60. The molecule has 1 aromatic carbocycles. The molecule has 0 aliphatic carbocycles. The molecule has 1 saturated heterocycles. The molecule has 2 atom stereocenters. The molecule has 20 heavy (non-hydrogen) atoms. The normalized spacial score (nSPS) is 20.4. The van der Waals surface area contributed by atoms with Crippen molar-refractivity contribution in [1.29, 1.82) is 0 Å².